The average Bonchev–Trinajstić information content (AvgIpc) is 2.74. The second-order valence-corrected chi connectivity index (χ2v) is 5.06. The van der Waals surface area contributed by atoms with E-state index in [2.05, 4.69) is 10.3 Å². The first kappa shape index (κ1) is 14.5. The average molecular weight is 274 g/mol. The van der Waals surface area contributed by atoms with E-state index in [-0.39, 0.29) is 5.91 Å². The monoisotopic (exact) mass is 274 g/mol. The summed E-state index contributed by atoms with van der Waals surface area (Å²) in [5.74, 6) is 0.401. The number of anilines is 1. The van der Waals surface area contributed by atoms with Gasteiger partial charge in [0.1, 0.15) is 0 Å². The third kappa shape index (κ3) is 2.82. The first-order chi connectivity index (χ1) is 9.56. The van der Waals surface area contributed by atoms with E-state index in [1.54, 1.807) is 0 Å². The van der Waals surface area contributed by atoms with Gasteiger partial charge in [-0.25, -0.2) is 4.98 Å². The minimum absolute atomic E-state index is 0.173. The van der Waals surface area contributed by atoms with E-state index in [0.717, 1.165) is 29.6 Å². The molecule has 0 bridgehead atoms. The van der Waals surface area contributed by atoms with Crippen LogP contribution >= 0.6 is 0 Å². The summed E-state index contributed by atoms with van der Waals surface area (Å²) in [7, 11) is 0. The predicted molar refractivity (Wildman–Crippen MR) is 81.7 cm³/mol. The van der Waals surface area contributed by atoms with Crippen molar-refractivity contribution in [1.82, 2.24) is 9.55 Å². The highest BCUT2D eigenvalue weighted by Crippen LogP contribution is 2.21. The highest BCUT2D eigenvalue weighted by atomic mass is 16.2. The fraction of sp³-hybridized carbons (Fsp3) is 0.467. The Bertz CT molecular complexity index is 618. The molecule has 0 aliphatic rings. The topological polar surface area (TPSA) is 72.9 Å². The van der Waals surface area contributed by atoms with E-state index < -0.39 is 6.04 Å². The molecule has 20 heavy (non-hydrogen) atoms. The number of amides is 1. The zero-order valence-corrected chi connectivity index (χ0v) is 12.3. The highest BCUT2D eigenvalue weighted by molar-refractivity contribution is 5.95. The highest BCUT2D eigenvalue weighted by Gasteiger charge is 2.16. The number of aryl methyl sites for hydroxylation is 2. The molecule has 1 unspecified atom stereocenters. The second kappa shape index (κ2) is 6.05. The summed E-state index contributed by atoms with van der Waals surface area (Å²) in [6.45, 7) is 6.82. The summed E-state index contributed by atoms with van der Waals surface area (Å²) >= 11 is 0. The molecule has 0 saturated heterocycles. The number of imidazole rings is 1. The zero-order chi connectivity index (χ0) is 14.7. The molecule has 1 atom stereocenters. The molecule has 0 aliphatic carbocycles. The maximum atomic E-state index is 12.0. The molecule has 5 heteroatoms. The Morgan fingerprint density at radius 1 is 1.45 bits per heavy atom. The molecule has 1 amide bonds. The number of aromatic nitrogens is 2. The standard InChI is InChI=1S/C15H22N4O/c1-4-6-11(16)14(20)18-15-17-12-9-10(3)7-8-13(12)19(15)5-2/h7-9,11H,4-6,16H2,1-3H3,(H,17,18,20). The normalized spacial score (nSPS) is 12.6. The number of benzene rings is 1. The van der Waals surface area contributed by atoms with Crippen LogP contribution in [0.1, 0.15) is 32.3 Å². The lowest BCUT2D eigenvalue weighted by molar-refractivity contribution is -0.117. The number of rotatable bonds is 5. The molecule has 2 aromatic rings. The van der Waals surface area contributed by atoms with Crippen LogP contribution in [0.25, 0.3) is 11.0 Å². The van der Waals surface area contributed by atoms with Crippen molar-refractivity contribution in [3.8, 4) is 0 Å². The van der Waals surface area contributed by atoms with Gasteiger partial charge in [0.05, 0.1) is 17.1 Å². The molecule has 3 N–H and O–H groups in total. The number of carbonyl (C=O) groups is 1. The number of hydrogen-bond donors (Lipinski definition) is 2. The Morgan fingerprint density at radius 2 is 2.20 bits per heavy atom. The SMILES string of the molecule is CCCC(N)C(=O)Nc1nc2cc(C)ccc2n1CC. The van der Waals surface area contributed by atoms with Crippen molar-refractivity contribution in [1.29, 1.82) is 0 Å². The second-order valence-electron chi connectivity index (χ2n) is 5.06. The van der Waals surface area contributed by atoms with Gasteiger partial charge in [0.15, 0.2) is 0 Å². The molecule has 108 valence electrons. The number of hydrogen-bond acceptors (Lipinski definition) is 3. The molecule has 1 heterocycles. The van der Waals surface area contributed by atoms with Gasteiger partial charge in [-0.2, -0.15) is 0 Å². The minimum Gasteiger partial charge on any atom is -0.320 e. The van der Waals surface area contributed by atoms with E-state index in [1.165, 1.54) is 0 Å². The van der Waals surface area contributed by atoms with Gasteiger partial charge in [0, 0.05) is 6.54 Å². The van der Waals surface area contributed by atoms with Gasteiger partial charge in [0.2, 0.25) is 11.9 Å². The van der Waals surface area contributed by atoms with Crippen LogP contribution < -0.4 is 11.1 Å². The molecule has 5 nitrogen and oxygen atoms in total. The fourth-order valence-electron chi connectivity index (χ4n) is 2.30. The van der Waals surface area contributed by atoms with Gasteiger partial charge >= 0.3 is 0 Å². The molecular formula is C15H22N4O. The number of fused-ring (bicyclic) bond motifs is 1. The van der Waals surface area contributed by atoms with Gasteiger partial charge in [-0.3, -0.25) is 10.1 Å². The fourth-order valence-corrected chi connectivity index (χ4v) is 2.30. The molecule has 1 aromatic heterocycles. The molecule has 1 aromatic carbocycles. The quantitative estimate of drug-likeness (QED) is 0.879. The van der Waals surface area contributed by atoms with Crippen molar-refractivity contribution in [2.45, 2.75) is 46.2 Å². The zero-order valence-electron chi connectivity index (χ0n) is 12.3. The van der Waals surface area contributed by atoms with Gasteiger partial charge in [0.25, 0.3) is 0 Å². The number of nitrogens with two attached hydrogens (primary N) is 1. The first-order valence-corrected chi connectivity index (χ1v) is 7.10. The van der Waals surface area contributed by atoms with E-state index in [9.17, 15) is 4.79 Å². The van der Waals surface area contributed by atoms with Gasteiger partial charge in [-0.05, 0) is 38.0 Å². The number of nitrogens with zero attached hydrogens (tertiary/aromatic N) is 2. The first-order valence-electron chi connectivity index (χ1n) is 7.10. The lowest BCUT2D eigenvalue weighted by Crippen LogP contribution is -2.36. The van der Waals surface area contributed by atoms with Crippen molar-refractivity contribution >= 4 is 22.9 Å². The van der Waals surface area contributed by atoms with Gasteiger partial charge in [-0.1, -0.05) is 19.4 Å². The van der Waals surface area contributed by atoms with Crippen LogP contribution in [0.5, 0.6) is 0 Å². The molecule has 0 spiro atoms. The molecule has 0 aliphatic heterocycles. The van der Waals surface area contributed by atoms with Crippen LogP contribution in [0.15, 0.2) is 18.2 Å². The third-order valence-corrected chi connectivity index (χ3v) is 3.39. The number of carbonyl (C=O) groups excluding carboxylic acids is 1. The summed E-state index contributed by atoms with van der Waals surface area (Å²) < 4.78 is 1.99. The smallest absolute Gasteiger partial charge is 0.243 e. The maximum absolute atomic E-state index is 12.0. The third-order valence-electron chi connectivity index (χ3n) is 3.39. The van der Waals surface area contributed by atoms with Crippen LogP contribution in [-0.2, 0) is 11.3 Å². The van der Waals surface area contributed by atoms with Crippen LogP contribution in [-0.4, -0.2) is 21.5 Å². The van der Waals surface area contributed by atoms with Crippen LogP contribution in [0.3, 0.4) is 0 Å². The minimum atomic E-state index is -0.480. The van der Waals surface area contributed by atoms with Crippen molar-refractivity contribution in [2.24, 2.45) is 5.73 Å². The molecular weight excluding hydrogens is 252 g/mol. The molecule has 0 radical (unpaired) electrons. The Hall–Kier alpha value is -1.88. The Labute approximate surface area is 119 Å². The molecule has 2 rings (SSSR count). The van der Waals surface area contributed by atoms with Crippen LogP contribution in [0.2, 0.25) is 0 Å². The largest absolute Gasteiger partial charge is 0.320 e. The lowest BCUT2D eigenvalue weighted by Gasteiger charge is -2.11. The lowest BCUT2D eigenvalue weighted by atomic mass is 10.2. The van der Waals surface area contributed by atoms with Crippen LogP contribution in [0.4, 0.5) is 5.95 Å². The molecule has 0 saturated carbocycles. The molecule has 0 fully saturated rings. The van der Waals surface area contributed by atoms with Crippen LogP contribution in [0, 0.1) is 6.92 Å². The Balaban J connectivity index is 2.32. The van der Waals surface area contributed by atoms with Crippen molar-refractivity contribution in [3.05, 3.63) is 23.8 Å². The summed E-state index contributed by atoms with van der Waals surface area (Å²) in [4.78, 5) is 16.5. The summed E-state index contributed by atoms with van der Waals surface area (Å²) in [6, 6.07) is 5.61. The Kier molecular flexibility index (Phi) is 4.39. The van der Waals surface area contributed by atoms with E-state index >= 15 is 0 Å². The van der Waals surface area contributed by atoms with Crippen molar-refractivity contribution < 1.29 is 4.79 Å². The summed E-state index contributed by atoms with van der Waals surface area (Å²) in [6.07, 6.45) is 1.56. The van der Waals surface area contributed by atoms with Gasteiger partial charge < -0.3 is 10.3 Å². The van der Waals surface area contributed by atoms with Gasteiger partial charge in [-0.15, -0.1) is 0 Å². The van der Waals surface area contributed by atoms with E-state index in [4.69, 9.17) is 5.73 Å². The Morgan fingerprint density at radius 3 is 2.85 bits per heavy atom. The van der Waals surface area contributed by atoms with Crippen molar-refractivity contribution in [2.75, 3.05) is 5.32 Å². The van der Waals surface area contributed by atoms with E-state index in [1.807, 2.05) is 43.5 Å². The number of nitrogens with one attached hydrogen (secondary N) is 1. The predicted octanol–water partition coefficient (Wildman–Crippen LogP) is 2.43. The van der Waals surface area contributed by atoms with E-state index in [0.29, 0.717) is 12.4 Å². The summed E-state index contributed by atoms with van der Waals surface area (Å²) in [5, 5.41) is 2.84. The summed E-state index contributed by atoms with van der Waals surface area (Å²) in [5.41, 5.74) is 8.91. The maximum Gasteiger partial charge on any atom is 0.243 e. The van der Waals surface area contributed by atoms with Crippen molar-refractivity contribution in [3.63, 3.8) is 0 Å².